The lowest BCUT2D eigenvalue weighted by Gasteiger charge is -2.04. The molecule has 17 heavy (non-hydrogen) atoms. The second-order valence-corrected chi connectivity index (χ2v) is 4.07. The summed E-state index contributed by atoms with van der Waals surface area (Å²) in [5, 5.41) is 9.56. The SMILES string of the molecule is COc1ccc(-c2nc(CO)[nH]c2C)cc1Cl. The highest BCUT2D eigenvalue weighted by Crippen LogP contribution is 2.30. The summed E-state index contributed by atoms with van der Waals surface area (Å²) < 4.78 is 5.09. The van der Waals surface area contributed by atoms with E-state index in [-0.39, 0.29) is 6.61 Å². The first-order chi connectivity index (χ1) is 8.15. The van der Waals surface area contributed by atoms with Crippen LogP contribution in [0, 0.1) is 6.92 Å². The summed E-state index contributed by atoms with van der Waals surface area (Å²) in [6.45, 7) is 1.80. The molecule has 0 bridgehead atoms. The van der Waals surface area contributed by atoms with Gasteiger partial charge in [-0.2, -0.15) is 0 Å². The quantitative estimate of drug-likeness (QED) is 0.883. The standard InChI is InChI=1S/C12H13ClN2O2/c1-7-12(15-11(6-16)14-7)8-3-4-10(17-2)9(13)5-8/h3-5,16H,6H2,1-2H3,(H,14,15). The van der Waals surface area contributed by atoms with E-state index < -0.39 is 0 Å². The van der Waals surface area contributed by atoms with E-state index >= 15 is 0 Å². The van der Waals surface area contributed by atoms with Gasteiger partial charge in [0.2, 0.25) is 0 Å². The lowest BCUT2D eigenvalue weighted by Crippen LogP contribution is -1.87. The Balaban J connectivity index is 2.45. The minimum atomic E-state index is -0.106. The molecule has 0 saturated heterocycles. The Labute approximate surface area is 104 Å². The van der Waals surface area contributed by atoms with Crippen molar-refractivity contribution >= 4 is 11.6 Å². The Morgan fingerprint density at radius 2 is 2.24 bits per heavy atom. The van der Waals surface area contributed by atoms with Crippen molar-refractivity contribution in [2.75, 3.05) is 7.11 Å². The van der Waals surface area contributed by atoms with Crippen LogP contribution in [-0.4, -0.2) is 22.2 Å². The molecule has 4 nitrogen and oxygen atoms in total. The van der Waals surface area contributed by atoms with Crippen LogP contribution in [0.25, 0.3) is 11.3 Å². The molecule has 0 radical (unpaired) electrons. The number of nitrogens with one attached hydrogen (secondary N) is 1. The van der Waals surface area contributed by atoms with Crippen LogP contribution in [0.2, 0.25) is 5.02 Å². The molecule has 0 aliphatic carbocycles. The number of methoxy groups -OCH3 is 1. The van der Waals surface area contributed by atoms with Gasteiger partial charge >= 0.3 is 0 Å². The largest absolute Gasteiger partial charge is 0.495 e. The van der Waals surface area contributed by atoms with Gasteiger partial charge in [0.15, 0.2) is 0 Å². The van der Waals surface area contributed by atoms with Gasteiger partial charge in [-0.05, 0) is 25.1 Å². The lowest BCUT2D eigenvalue weighted by molar-refractivity contribution is 0.272. The Bertz CT molecular complexity index is 537. The van der Waals surface area contributed by atoms with Crippen molar-refractivity contribution in [1.29, 1.82) is 0 Å². The van der Waals surface area contributed by atoms with Crippen LogP contribution in [0.15, 0.2) is 18.2 Å². The van der Waals surface area contributed by atoms with Gasteiger partial charge in [0.05, 0.1) is 17.8 Å². The molecule has 0 saturated carbocycles. The van der Waals surface area contributed by atoms with Gasteiger partial charge in [-0.1, -0.05) is 11.6 Å². The van der Waals surface area contributed by atoms with E-state index in [2.05, 4.69) is 9.97 Å². The molecule has 90 valence electrons. The van der Waals surface area contributed by atoms with Crippen molar-refractivity contribution in [3.8, 4) is 17.0 Å². The predicted octanol–water partition coefficient (Wildman–Crippen LogP) is 2.54. The molecule has 0 aliphatic rings. The van der Waals surface area contributed by atoms with Crippen molar-refractivity contribution in [2.45, 2.75) is 13.5 Å². The van der Waals surface area contributed by atoms with Crippen LogP contribution in [0.3, 0.4) is 0 Å². The number of H-pyrrole nitrogens is 1. The minimum Gasteiger partial charge on any atom is -0.495 e. The Hall–Kier alpha value is -1.52. The molecule has 2 aromatic rings. The lowest BCUT2D eigenvalue weighted by atomic mass is 10.1. The Morgan fingerprint density at radius 3 is 2.76 bits per heavy atom. The molecule has 1 heterocycles. The molecule has 2 rings (SSSR count). The van der Waals surface area contributed by atoms with E-state index in [9.17, 15) is 0 Å². The molecule has 0 fully saturated rings. The minimum absolute atomic E-state index is 0.106. The Kier molecular flexibility index (Phi) is 3.36. The number of rotatable bonds is 3. The first kappa shape index (κ1) is 12.0. The number of aliphatic hydroxyl groups excluding tert-OH is 1. The molecule has 1 aromatic carbocycles. The van der Waals surface area contributed by atoms with E-state index in [4.69, 9.17) is 21.4 Å². The molecule has 2 N–H and O–H groups in total. The molecule has 0 aliphatic heterocycles. The monoisotopic (exact) mass is 252 g/mol. The summed E-state index contributed by atoms with van der Waals surface area (Å²) >= 11 is 6.06. The molecule has 0 spiro atoms. The number of hydrogen-bond acceptors (Lipinski definition) is 3. The van der Waals surface area contributed by atoms with Crippen molar-refractivity contribution in [3.63, 3.8) is 0 Å². The predicted molar refractivity (Wildman–Crippen MR) is 66.2 cm³/mol. The van der Waals surface area contributed by atoms with Gasteiger partial charge in [-0.3, -0.25) is 0 Å². The van der Waals surface area contributed by atoms with Crippen LogP contribution < -0.4 is 4.74 Å². The summed E-state index contributed by atoms with van der Waals surface area (Å²) in [5.74, 6) is 1.18. The van der Waals surface area contributed by atoms with Gasteiger partial charge in [0.25, 0.3) is 0 Å². The zero-order valence-electron chi connectivity index (χ0n) is 9.62. The third-order valence-corrected chi connectivity index (χ3v) is 2.80. The number of hydrogen-bond donors (Lipinski definition) is 2. The van der Waals surface area contributed by atoms with Gasteiger partial charge < -0.3 is 14.8 Å². The highest BCUT2D eigenvalue weighted by atomic mass is 35.5. The summed E-state index contributed by atoms with van der Waals surface area (Å²) in [6, 6.07) is 5.48. The fourth-order valence-corrected chi connectivity index (χ4v) is 1.95. The third kappa shape index (κ3) is 2.28. The number of benzene rings is 1. The third-order valence-electron chi connectivity index (χ3n) is 2.51. The molecule has 0 atom stereocenters. The second-order valence-electron chi connectivity index (χ2n) is 3.66. The molecule has 0 amide bonds. The van der Waals surface area contributed by atoms with E-state index in [0.717, 1.165) is 17.0 Å². The number of nitrogens with zero attached hydrogens (tertiary/aromatic N) is 1. The van der Waals surface area contributed by atoms with Crippen molar-refractivity contribution in [1.82, 2.24) is 9.97 Å². The number of aryl methyl sites for hydroxylation is 1. The molecular formula is C12H13ClN2O2. The summed E-state index contributed by atoms with van der Waals surface area (Å²) in [4.78, 5) is 7.30. The second kappa shape index (κ2) is 4.77. The van der Waals surface area contributed by atoms with Crippen molar-refractivity contribution < 1.29 is 9.84 Å². The fourth-order valence-electron chi connectivity index (χ4n) is 1.69. The summed E-state index contributed by atoms with van der Waals surface area (Å²) in [7, 11) is 1.57. The van der Waals surface area contributed by atoms with Crippen LogP contribution in [0.5, 0.6) is 5.75 Å². The number of halogens is 1. The topological polar surface area (TPSA) is 58.1 Å². The van der Waals surface area contributed by atoms with E-state index in [1.807, 2.05) is 13.0 Å². The highest BCUT2D eigenvalue weighted by molar-refractivity contribution is 6.32. The molecule has 0 unspecified atom stereocenters. The first-order valence-electron chi connectivity index (χ1n) is 5.16. The summed E-state index contributed by atoms with van der Waals surface area (Å²) in [5.41, 5.74) is 2.58. The maximum atomic E-state index is 9.02. The zero-order valence-corrected chi connectivity index (χ0v) is 10.4. The first-order valence-corrected chi connectivity index (χ1v) is 5.53. The van der Waals surface area contributed by atoms with Crippen molar-refractivity contribution in [2.24, 2.45) is 0 Å². The zero-order chi connectivity index (χ0) is 12.4. The van der Waals surface area contributed by atoms with E-state index in [1.54, 1.807) is 19.2 Å². The van der Waals surface area contributed by atoms with Gasteiger partial charge in [0.1, 0.15) is 18.2 Å². The van der Waals surface area contributed by atoms with Crippen LogP contribution >= 0.6 is 11.6 Å². The molecular weight excluding hydrogens is 240 g/mol. The average Bonchev–Trinajstić information content (AvgIpc) is 2.70. The maximum Gasteiger partial charge on any atom is 0.137 e. The van der Waals surface area contributed by atoms with Crippen molar-refractivity contribution in [3.05, 3.63) is 34.7 Å². The fraction of sp³-hybridized carbons (Fsp3) is 0.250. The average molecular weight is 253 g/mol. The smallest absolute Gasteiger partial charge is 0.137 e. The van der Waals surface area contributed by atoms with E-state index in [0.29, 0.717) is 16.6 Å². The number of aromatic amines is 1. The van der Waals surface area contributed by atoms with E-state index in [1.165, 1.54) is 0 Å². The van der Waals surface area contributed by atoms with Gasteiger partial charge in [-0.25, -0.2) is 4.98 Å². The van der Waals surface area contributed by atoms with Gasteiger partial charge in [0, 0.05) is 11.3 Å². The Morgan fingerprint density at radius 1 is 1.47 bits per heavy atom. The van der Waals surface area contributed by atoms with Gasteiger partial charge in [-0.15, -0.1) is 0 Å². The normalized spacial score (nSPS) is 10.6. The number of aromatic nitrogens is 2. The number of ether oxygens (including phenoxy) is 1. The molecule has 5 heteroatoms. The van der Waals surface area contributed by atoms with Crippen LogP contribution in [0.1, 0.15) is 11.5 Å². The van der Waals surface area contributed by atoms with Crippen LogP contribution in [0.4, 0.5) is 0 Å². The van der Waals surface area contributed by atoms with Crippen LogP contribution in [-0.2, 0) is 6.61 Å². The number of imidazole rings is 1. The maximum absolute atomic E-state index is 9.02. The summed E-state index contributed by atoms with van der Waals surface area (Å²) in [6.07, 6.45) is 0. The number of aliphatic hydroxyl groups is 1. The highest BCUT2D eigenvalue weighted by Gasteiger charge is 2.10. The molecule has 1 aromatic heterocycles.